The van der Waals surface area contributed by atoms with Crippen LogP contribution in [0, 0.1) is 0 Å². The van der Waals surface area contributed by atoms with Crippen LogP contribution in [0.1, 0.15) is 20.8 Å². The van der Waals surface area contributed by atoms with E-state index in [0.717, 1.165) is 12.2 Å². The van der Waals surface area contributed by atoms with E-state index < -0.39 is 0 Å². The molecule has 1 aromatic heterocycles. The van der Waals surface area contributed by atoms with Crippen molar-refractivity contribution in [2.75, 3.05) is 13.2 Å². The van der Waals surface area contributed by atoms with Gasteiger partial charge in [-0.05, 0) is 32.9 Å². The average Bonchev–Trinajstić information content (AvgIpc) is 2.32. The number of pyridine rings is 1. The van der Waals surface area contributed by atoms with E-state index in [1.807, 2.05) is 32.0 Å². The number of esters is 1. The molecule has 0 unspecified atom stereocenters. The number of allylic oxidation sites excluding steroid dienone is 1. The van der Waals surface area contributed by atoms with Gasteiger partial charge in [0.05, 0.1) is 6.61 Å². The van der Waals surface area contributed by atoms with Crippen LogP contribution in [-0.4, -0.2) is 24.1 Å². The summed E-state index contributed by atoms with van der Waals surface area (Å²) in [4.78, 5) is 14.6. The largest absolute Gasteiger partial charge is 0.463 e. The number of carbonyl (C=O) groups excluding carboxylic acids is 1. The molecule has 17 heavy (non-hydrogen) atoms. The molecule has 0 bridgehead atoms. The molecule has 0 fully saturated rings. The minimum Gasteiger partial charge on any atom is -0.463 e. The standard InChI is InChI=1S/C8H15NO2.C5H5N/c1-4-9-7(3)6-8(10)11-5-2;1-2-4-6-5-3-1/h6,9H,4-5H2,1-3H3;1-5H. The molecule has 4 nitrogen and oxygen atoms in total. The molecule has 0 saturated carbocycles. The van der Waals surface area contributed by atoms with Gasteiger partial charge in [0.1, 0.15) is 0 Å². The molecule has 1 heterocycles. The summed E-state index contributed by atoms with van der Waals surface area (Å²) in [5.74, 6) is -0.286. The number of carbonyl (C=O) groups is 1. The van der Waals surface area contributed by atoms with Crippen molar-refractivity contribution in [3.05, 3.63) is 42.4 Å². The van der Waals surface area contributed by atoms with Crippen molar-refractivity contribution >= 4 is 5.97 Å². The smallest absolute Gasteiger partial charge is 0.332 e. The second kappa shape index (κ2) is 10.7. The Bertz CT molecular complexity index is 297. The molecular formula is C13H20N2O2. The Kier molecular flexibility index (Phi) is 9.52. The number of rotatable bonds is 4. The molecule has 1 aromatic rings. The highest BCUT2D eigenvalue weighted by molar-refractivity contribution is 5.82. The van der Waals surface area contributed by atoms with Crippen molar-refractivity contribution in [2.24, 2.45) is 0 Å². The van der Waals surface area contributed by atoms with Gasteiger partial charge < -0.3 is 10.1 Å². The topological polar surface area (TPSA) is 51.2 Å². The lowest BCUT2D eigenvalue weighted by Gasteiger charge is -2.01. The second-order valence-corrected chi connectivity index (χ2v) is 3.13. The first-order valence-corrected chi connectivity index (χ1v) is 5.64. The third-order valence-electron chi connectivity index (χ3n) is 1.64. The quantitative estimate of drug-likeness (QED) is 0.643. The van der Waals surface area contributed by atoms with Crippen molar-refractivity contribution in [1.82, 2.24) is 10.3 Å². The van der Waals surface area contributed by atoms with Crippen molar-refractivity contribution in [2.45, 2.75) is 20.8 Å². The van der Waals surface area contributed by atoms with Gasteiger partial charge in [0.15, 0.2) is 0 Å². The first-order valence-electron chi connectivity index (χ1n) is 5.64. The summed E-state index contributed by atoms with van der Waals surface area (Å²) >= 11 is 0. The normalized spacial score (nSPS) is 9.94. The van der Waals surface area contributed by atoms with Crippen LogP contribution >= 0.6 is 0 Å². The predicted octanol–water partition coefficient (Wildman–Crippen LogP) is 2.14. The van der Waals surface area contributed by atoms with Gasteiger partial charge in [0, 0.05) is 30.7 Å². The van der Waals surface area contributed by atoms with Gasteiger partial charge in [-0.2, -0.15) is 0 Å². The summed E-state index contributed by atoms with van der Waals surface area (Å²) in [5, 5.41) is 3.00. The maximum absolute atomic E-state index is 10.8. The monoisotopic (exact) mass is 236 g/mol. The van der Waals surface area contributed by atoms with E-state index in [1.165, 1.54) is 6.08 Å². The van der Waals surface area contributed by atoms with Crippen LogP contribution in [0.4, 0.5) is 0 Å². The molecule has 0 saturated heterocycles. The van der Waals surface area contributed by atoms with Crippen molar-refractivity contribution in [1.29, 1.82) is 0 Å². The molecule has 0 aliphatic rings. The fourth-order valence-electron chi connectivity index (χ4n) is 1.00. The lowest BCUT2D eigenvalue weighted by atomic mass is 10.4. The van der Waals surface area contributed by atoms with Gasteiger partial charge >= 0.3 is 5.97 Å². The molecule has 4 heteroatoms. The molecule has 1 rings (SSSR count). The number of hydrogen-bond donors (Lipinski definition) is 1. The van der Waals surface area contributed by atoms with Crippen LogP contribution < -0.4 is 5.32 Å². The molecule has 0 radical (unpaired) electrons. The van der Waals surface area contributed by atoms with E-state index in [-0.39, 0.29) is 5.97 Å². The minimum absolute atomic E-state index is 0.286. The van der Waals surface area contributed by atoms with E-state index in [0.29, 0.717) is 6.61 Å². The summed E-state index contributed by atoms with van der Waals surface area (Å²) in [6.07, 6.45) is 4.95. The summed E-state index contributed by atoms with van der Waals surface area (Å²) < 4.78 is 4.70. The Balaban J connectivity index is 0.000000354. The van der Waals surface area contributed by atoms with E-state index in [1.54, 1.807) is 19.3 Å². The maximum atomic E-state index is 10.8. The summed E-state index contributed by atoms with van der Waals surface area (Å²) in [6, 6.07) is 5.72. The lowest BCUT2D eigenvalue weighted by Crippen LogP contribution is -2.12. The Morgan fingerprint density at radius 1 is 1.29 bits per heavy atom. The van der Waals surface area contributed by atoms with E-state index in [2.05, 4.69) is 10.3 Å². The molecule has 0 aliphatic carbocycles. The summed E-state index contributed by atoms with van der Waals surface area (Å²) in [7, 11) is 0. The number of ether oxygens (including phenoxy) is 1. The third-order valence-corrected chi connectivity index (χ3v) is 1.64. The molecule has 0 spiro atoms. The van der Waals surface area contributed by atoms with E-state index in [9.17, 15) is 4.79 Å². The van der Waals surface area contributed by atoms with Crippen molar-refractivity contribution < 1.29 is 9.53 Å². The number of aromatic nitrogens is 1. The van der Waals surface area contributed by atoms with Crippen LogP contribution in [0.5, 0.6) is 0 Å². The fraction of sp³-hybridized carbons (Fsp3) is 0.385. The Labute approximate surface area is 103 Å². The molecular weight excluding hydrogens is 216 g/mol. The lowest BCUT2D eigenvalue weighted by molar-refractivity contribution is -0.137. The SMILES string of the molecule is CCNC(C)=CC(=O)OCC.c1ccncc1. The Morgan fingerprint density at radius 2 is 1.94 bits per heavy atom. The van der Waals surface area contributed by atoms with Gasteiger partial charge in [0.2, 0.25) is 0 Å². The summed E-state index contributed by atoms with van der Waals surface area (Å²) in [6.45, 7) is 6.84. The van der Waals surface area contributed by atoms with Gasteiger partial charge in [-0.15, -0.1) is 0 Å². The molecule has 0 amide bonds. The molecule has 0 atom stereocenters. The Morgan fingerprint density at radius 3 is 2.29 bits per heavy atom. The number of nitrogens with zero attached hydrogens (tertiary/aromatic N) is 1. The van der Waals surface area contributed by atoms with Crippen molar-refractivity contribution in [3.8, 4) is 0 Å². The highest BCUT2D eigenvalue weighted by atomic mass is 16.5. The molecule has 0 aromatic carbocycles. The molecule has 1 N–H and O–H groups in total. The number of hydrogen-bond acceptors (Lipinski definition) is 4. The van der Waals surface area contributed by atoms with Gasteiger partial charge in [-0.3, -0.25) is 4.98 Å². The van der Waals surface area contributed by atoms with Crippen LogP contribution in [0.2, 0.25) is 0 Å². The average molecular weight is 236 g/mol. The zero-order chi connectivity index (χ0) is 12.9. The first kappa shape index (κ1) is 15.2. The second-order valence-electron chi connectivity index (χ2n) is 3.13. The highest BCUT2D eigenvalue weighted by Gasteiger charge is 1.95. The van der Waals surface area contributed by atoms with Gasteiger partial charge in [0.25, 0.3) is 0 Å². The van der Waals surface area contributed by atoms with Gasteiger partial charge in [-0.25, -0.2) is 4.79 Å². The maximum Gasteiger partial charge on any atom is 0.332 e. The summed E-state index contributed by atoms with van der Waals surface area (Å²) in [5.41, 5.74) is 0.839. The minimum atomic E-state index is -0.286. The first-order chi connectivity index (χ1) is 8.20. The highest BCUT2D eigenvalue weighted by Crippen LogP contribution is 1.88. The van der Waals surface area contributed by atoms with E-state index >= 15 is 0 Å². The van der Waals surface area contributed by atoms with E-state index in [4.69, 9.17) is 4.74 Å². The molecule has 94 valence electrons. The zero-order valence-electron chi connectivity index (χ0n) is 10.6. The molecule has 0 aliphatic heterocycles. The third kappa shape index (κ3) is 10.4. The van der Waals surface area contributed by atoms with Crippen LogP contribution in [0.15, 0.2) is 42.4 Å². The van der Waals surface area contributed by atoms with Crippen LogP contribution in [0.25, 0.3) is 0 Å². The van der Waals surface area contributed by atoms with Crippen LogP contribution in [-0.2, 0) is 9.53 Å². The Hall–Kier alpha value is -1.84. The fourth-order valence-corrected chi connectivity index (χ4v) is 1.00. The predicted molar refractivity (Wildman–Crippen MR) is 68.3 cm³/mol. The van der Waals surface area contributed by atoms with Gasteiger partial charge in [-0.1, -0.05) is 6.07 Å². The van der Waals surface area contributed by atoms with Crippen molar-refractivity contribution in [3.63, 3.8) is 0 Å². The van der Waals surface area contributed by atoms with Crippen LogP contribution in [0.3, 0.4) is 0 Å². The number of nitrogens with one attached hydrogen (secondary N) is 1. The zero-order valence-corrected chi connectivity index (χ0v) is 10.6.